The summed E-state index contributed by atoms with van der Waals surface area (Å²) in [6, 6.07) is 15.4. The van der Waals surface area contributed by atoms with Crippen LogP contribution in [0.3, 0.4) is 0 Å². The van der Waals surface area contributed by atoms with Gasteiger partial charge in [-0.2, -0.15) is 0 Å². The molecule has 1 fully saturated rings. The normalized spacial score (nSPS) is 20.7. The molecule has 2 unspecified atom stereocenters. The molecular formula is C18H20N2O3. The number of benzene rings is 2. The molecule has 1 heterocycles. The molecule has 0 aromatic heterocycles. The Bertz CT molecular complexity index is 702. The Morgan fingerprint density at radius 3 is 2.04 bits per heavy atom. The number of hydrogen-bond donors (Lipinski definition) is 2. The van der Waals surface area contributed by atoms with Crippen molar-refractivity contribution in [3.8, 4) is 11.5 Å². The first-order valence-corrected chi connectivity index (χ1v) is 7.52. The summed E-state index contributed by atoms with van der Waals surface area (Å²) in [5, 5.41) is 6.39. The summed E-state index contributed by atoms with van der Waals surface area (Å²) in [7, 11) is 3.28. The van der Waals surface area contributed by atoms with E-state index in [1.165, 1.54) is 0 Å². The van der Waals surface area contributed by atoms with Crippen LogP contribution >= 0.6 is 0 Å². The highest BCUT2D eigenvalue weighted by molar-refractivity contribution is 5.79. The number of piperazine rings is 1. The summed E-state index contributed by atoms with van der Waals surface area (Å²) >= 11 is 0. The van der Waals surface area contributed by atoms with Gasteiger partial charge < -0.3 is 14.8 Å². The van der Waals surface area contributed by atoms with Gasteiger partial charge in [-0.3, -0.25) is 10.1 Å². The highest BCUT2D eigenvalue weighted by Crippen LogP contribution is 2.33. The smallest absolute Gasteiger partial charge is 0.234 e. The van der Waals surface area contributed by atoms with Gasteiger partial charge in [0, 0.05) is 0 Å². The van der Waals surface area contributed by atoms with E-state index in [1.807, 2.05) is 48.5 Å². The lowest BCUT2D eigenvalue weighted by Gasteiger charge is -2.34. The molecule has 0 saturated carbocycles. The maximum Gasteiger partial charge on any atom is 0.234 e. The average molecular weight is 312 g/mol. The topological polar surface area (TPSA) is 59.6 Å². The summed E-state index contributed by atoms with van der Waals surface area (Å²) in [4.78, 5) is 11.9. The Labute approximate surface area is 135 Å². The van der Waals surface area contributed by atoms with Crippen molar-refractivity contribution in [1.29, 1.82) is 0 Å². The molecule has 0 radical (unpaired) electrons. The lowest BCUT2D eigenvalue weighted by molar-refractivity contribution is -0.123. The first-order chi connectivity index (χ1) is 11.2. The van der Waals surface area contributed by atoms with E-state index in [9.17, 15) is 4.79 Å². The van der Waals surface area contributed by atoms with Gasteiger partial charge in [0.1, 0.15) is 11.5 Å². The third-order valence-electron chi connectivity index (χ3n) is 4.04. The van der Waals surface area contributed by atoms with E-state index < -0.39 is 0 Å². The molecule has 0 aliphatic carbocycles. The van der Waals surface area contributed by atoms with E-state index in [0.29, 0.717) is 6.54 Å². The van der Waals surface area contributed by atoms with Gasteiger partial charge in [-0.15, -0.1) is 0 Å². The minimum Gasteiger partial charge on any atom is -0.497 e. The summed E-state index contributed by atoms with van der Waals surface area (Å²) in [5.41, 5.74) is 2.06. The number of nitrogens with one attached hydrogen (secondary N) is 2. The van der Waals surface area contributed by atoms with Crippen LogP contribution in [0.25, 0.3) is 0 Å². The molecule has 2 atom stereocenters. The van der Waals surface area contributed by atoms with E-state index in [-0.39, 0.29) is 18.0 Å². The van der Waals surface area contributed by atoms with E-state index in [0.717, 1.165) is 22.6 Å². The number of ether oxygens (including phenoxy) is 2. The molecule has 0 bridgehead atoms. The molecule has 1 amide bonds. The molecule has 5 heteroatoms. The van der Waals surface area contributed by atoms with Crippen LogP contribution in [-0.2, 0) is 4.79 Å². The van der Waals surface area contributed by atoms with Crippen molar-refractivity contribution in [1.82, 2.24) is 10.6 Å². The zero-order valence-corrected chi connectivity index (χ0v) is 13.2. The van der Waals surface area contributed by atoms with Gasteiger partial charge in [-0.1, -0.05) is 24.3 Å². The number of rotatable bonds is 4. The van der Waals surface area contributed by atoms with Crippen LogP contribution in [-0.4, -0.2) is 26.7 Å². The monoisotopic (exact) mass is 312 g/mol. The Morgan fingerprint density at radius 1 is 0.913 bits per heavy atom. The van der Waals surface area contributed by atoms with Crippen LogP contribution in [0.2, 0.25) is 0 Å². The quantitative estimate of drug-likeness (QED) is 0.909. The highest BCUT2D eigenvalue weighted by Gasteiger charge is 2.31. The van der Waals surface area contributed by atoms with Crippen LogP contribution in [0, 0.1) is 0 Å². The van der Waals surface area contributed by atoms with Crippen molar-refractivity contribution in [2.45, 2.75) is 12.1 Å². The molecule has 1 aliphatic heterocycles. The van der Waals surface area contributed by atoms with Crippen molar-refractivity contribution >= 4 is 5.91 Å². The largest absolute Gasteiger partial charge is 0.497 e. The van der Waals surface area contributed by atoms with Gasteiger partial charge in [0.25, 0.3) is 0 Å². The predicted molar refractivity (Wildman–Crippen MR) is 87.6 cm³/mol. The van der Waals surface area contributed by atoms with Gasteiger partial charge in [0.15, 0.2) is 0 Å². The Kier molecular flexibility index (Phi) is 4.48. The lowest BCUT2D eigenvalue weighted by Crippen LogP contribution is -2.49. The van der Waals surface area contributed by atoms with Gasteiger partial charge in [0.2, 0.25) is 5.91 Å². The molecule has 2 aromatic rings. The Morgan fingerprint density at radius 2 is 1.48 bits per heavy atom. The highest BCUT2D eigenvalue weighted by atomic mass is 16.5. The first-order valence-electron chi connectivity index (χ1n) is 7.52. The van der Waals surface area contributed by atoms with Crippen LogP contribution in [0.15, 0.2) is 48.5 Å². The predicted octanol–water partition coefficient (Wildman–Crippen LogP) is 2.21. The second kappa shape index (κ2) is 6.71. The number of amides is 1. The number of carbonyl (C=O) groups is 1. The average Bonchev–Trinajstić information content (AvgIpc) is 2.61. The van der Waals surface area contributed by atoms with Crippen molar-refractivity contribution in [2.75, 3.05) is 20.8 Å². The maximum atomic E-state index is 11.9. The van der Waals surface area contributed by atoms with Gasteiger partial charge in [-0.05, 0) is 35.4 Å². The van der Waals surface area contributed by atoms with Crippen molar-refractivity contribution in [3.63, 3.8) is 0 Å². The summed E-state index contributed by atoms with van der Waals surface area (Å²) in [6.07, 6.45) is 0. The zero-order valence-electron chi connectivity index (χ0n) is 13.2. The summed E-state index contributed by atoms with van der Waals surface area (Å²) in [5.74, 6) is 1.55. The van der Waals surface area contributed by atoms with E-state index in [1.54, 1.807) is 14.2 Å². The fourth-order valence-electron chi connectivity index (χ4n) is 2.88. The third-order valence-corrected chi connectivity index (χ3v) is 4.04. The minimum atomic E-state index is -0.168. The maximum absolute atomic E-state index is 11.9. The third kappa shape index (κ3) is 3.29. The lowest BCUT2D eigenvalue weighted by atomic mass is 9.91. The molecule has 120 valence electrons. The molecule has 1 saturated heterocycles. The Hall–Kier alpha value is -2.53. The fourth-order valence-corrected chi connectivity index (χ4v) is 2.88. The van der Waals surface area contributed by atoms with Crippen LogP contribution in [0.4, 0.5) is 0 Å². The van der Waals surface area contributed by atoms with Crippen LogP contribution in [0.5, 0.6) is 11.5 Å². The van der Waals surface area contributed by atoms with Crippen molar-refractivity contribution in [3.05, 3.63) is 59.7 Å². The SMILES string of the molecule is COc1cccc(C2NCC(=O)NC2c2cccc(OC)c2)c1. The van der Waals surface area contributed by atoms with Crippen molar-refractivity contribution in [2.24, 2.45) is 0 Å². The molecule has 2 aromatic carbocycles. The standard InChI is InChI=1S/C18H20N2O3/c1-22-14-7-3-5-12(9-14)17-18(20-16(21)11-19-17)13-6-4-8-15(10-13)23-2/h3-10,17-19H,11H2,1-2H3,(H,20,21). The summed E-state index contributed by atoms with van der Waals surface area (Å²) in [6.45, 7) is 0.294. The fraction of sp³-hybridized carbons (Fsp3) is 0.278. The first kappa shape index (κ1) is 15.4. The molecule has 5 nitrogen and oxygen atoms in total. The van der Waals surface area contributed by atoms with Crippen LogP contribution < -0.4 is 20.1 Å². The molecule has 23 heavy (non-hydrogen) atoms. The molecule has 3 rings (SSSR count). The van der Waals surface area contributed by atoms with E-state index in [4.69, 9.17) is 9.47 Å². The molecule has 1 aliphatic rings. The number of hydrogen-bond acceptors (Lipinski definition) is 4. The van der Waals surface area contributed by atoms with Gasteiger partial charge in [-0.25, -0.2) is 0 Å². The molecular weight excluding hydrogens is 292 g/mol. The zero-order chi connectivity index (χ0) is 16.2. The number of methoxy groups -OCH3 is 2. The minimum absolute atomic E-state index is 0.0167. The van der Waals surface area contributed by atoms with E-state index >= 15 is 0 Å². The second-order valence-corrected chi connectivity index (χ2v) is 5.46. The molecule has 0 spiro atoms. The van der Waals surface area contributed by atoms with Gasteiger partial charge in [0.05, 0.1) is 32.8 Å². The Balaban J connectivity index is 1.97. The van der Waals surface area contributed by atoms with Gasteiger partial charge >= 0.3 is 0 Å². The number of carbonyl (C=O) groups excluding carboxylic acids is 1. The summed E-state index contributed by atoms with van der Waals surface area (Å²) < 4.78 is 10.6. The van der Waals surface area contributed by atoms with E-state index in [2.05, 4.69) is 10.6 Å². The van der Waals surface area contributed by atoms with Crippen LogP contribution in [0.1, 0.15) is 23.2 Å². The van der Waals surface area contributed by atoms with Crippen molar-refractivity contribution < 1.29 is 14.3 Å². The second-order valence-electron chi connectivity index (χ2n) is 5.46. The molecule has 2 N–H and O–H groups in total.